The molecule has 1 amide bonds. The van der Waals surface area contributed by atoms with Gasteiger partial charge in [0.25, 0.3) is 0 Å². The highest BCUT2D eigenvalue weighted by Crippen LogP contribution is 2.19. The third kappa shape index (κ3) is 5.27. The minimum absolute atomic E-state index is 0.0180. The number of anilines is 1. The second kappa shape index (κ2) is 8.29. The molecule has 0 unspecified atom stereocenters. The van der Waals surface area contributed by atoms with E-state index in [-0.39, 0.29) is 29.0 Å². The molecule has 0 aromatic heterocycles. The van der Waals surface area contributed by atoms with Crippen molar-refractivity contribution in [3.05, 3.63) is 53.8 Å². The normalized spacial score (nSPS) is 11.4. The fourth-order valence-corrected chi connectivity index (χ4v) is 3.56. The standard InChI is InChI=1S/C18H21FN2O4S/c1-12(2)21-26(23,24)15-7-5-14(6-8-15)20-18(22)11-13-4-9-17(25-3)16(19)10-13/h4-10,12,21H,11H2,1-3H3,(H,20,22). The molecule has 0 spiro atoms. The molecule has 8 heteroatoms. The fourth-order valence-electron chi connectivity index (χ4n) is 2.31. The molecule has 26 heavy (non-hydrogen) atoms. The first-order valence-corrected chi connectivity index (χ1v) is 9.44. The monoisotopic (exact) mass is 380 g/mol. The number of amides is 1. The molecule has 0 saturated heterocycles. The molecule has 140 valence electrons. The van der Waals surface area contributed by atoms with E-state index in [4.69, 9.17) is 4.74 Å². The van der Waals surface area contributed by atoms with Gasteiger partial charge in [-0.1, -0.05) is 6.07 Å². The van der Waals surface area contributed by atoms with Crippen LogP contribution < -0.4 is 14.8 Å². The molecule has 0 heterocycles. The first-order chi connectivity index (χ1) is 12.2. The van der Waals surface area contributed by atoms with Crippen molar-refractivity contribution < 1.29 is 22.3 Å². The third-order valence-electron chi connectivity index (χ3n) is 3.42. The molecule has 0 fully saturated rings. The highest BCUT2D eigenvalue weighted by Gasteiger charge is 2.15. The zero-order valence-corrected chi connectivity index (χ0v) is 15.6. The van der Waals surface area contributed by atoms with E-state index in [1.165, 1.54) is 43.5 Å². The van der Waals surface area contributed by atoms with Gasteiger partial charge in [0.15, 0.2) is 11.6 Å². The second-order valence-corrected chi connectivity index (χ2v) is 7.71. The molecule has 2 N–H and O–H groups in total. The predicted molar refractivity (Wildman–Crippen MR) is 97.2 cm³/mol. The zero-order chi connectivity index (χ0) is 19.3. The van der Waals surface area contributed by atoms with Crippen LogP contribution in [0.5, 0.6) is 5.75 Å². The van der Waals surface area contributed by atoms with E-state index in [9.17, 15) is 17.6 Å². The Kier molecular flexibility index (Phi) is 6.33. The number of halogens is 1. The van der Waals surface area contributed by atoms with Crippen molar-refractivity contribution in [2.24, 2.45) is 0 Å². The van der Waals surface area contributed by atoms with Crippen LogP contribution in [0.25, 0.3) is 0 Å². The summed E-state index contributed by atoms with van der Waals surface area (Å²) in [5.41, 5.74) is 0.952. The maximum Gasteiger partial charge on any atom is 0.240 e. The summed E-state index contributed by atoms with van der Waals surface area (Å²) in [6.45, 7) is 3.46. The molecule has 0 atom stereocenters. The molecular formula is C18H21FN2O4S. The van der Waals surface area contributed by atoms with Crippen molar-refractivity contribution in [3.8, 4) is 5.75 Å². The minimum atomic E-state index is -3.58. The summed E-state index contributed by atoms with van der Waals surface area (Å²) in [5, 5.41) is 2.65. The largest absolute Gasteiger partial charge is 0.494 e. The molecule has 2 rings (SSSR count). The van der Waals surface area contributed by atoms with E-state index >= 15 is 0 Å². The van der Waals surface area contributed by atoms with Gasteiger partial charge in [-0.25, -0.2) is 17.5 Å². The zero-order valence-electron chi connectivity index (χ0n) is 14.7. The first-order valence-electron chi connectivity index (χ1n) is 7.96. The molecule has 0 radical (unpaired) electrons. The van der Waals surface area contributed by atoms with Gasteiger partial charge < -0.3 is 10.1 Å². The van der Waals surface area contributed by atoms with E-state index in [1.54, 1.807) is 19.9 Å². The van der Waals surface area contributed by atoms with E-state index < -0.39 is 15.8 Å². The van der Waals surface area contributed by atoms with Crippen molar-refractivity contribution in [2.75, 3.05) is 12.4 Å². The Labute approximate surface area is 152 Å². The van der Waals surface area contributed by atoms with Gasteiger partial charge in [0.05, 0.1) is 18.4 Å². The van der Waals surface area contributed by atoms with Crippen LogP contribution in [0.2, 0.25) is 0 Å². The Hall–Kier alpha value is -2.45. The number of rotatable bonds is 7. The Morgan fingerprint density at radius 2 is 1.81 bits per heavy atom. The molecule has 0 aliphatic rings. The molecule has 0 saturated carbocycles. The predicted octanol–water partition coefficient (Wildman–Crippen LogP) is 2.70. The number of carbonyl (C=O) groups excluding carboxylic acids is 1. The Morgan fingerprint density at radius 3 is 2.35 bits per heavy atom. The summed E-state index contributed by atoms with van der Waals surface area (Å²) in [6, 6.07) is 9.91. The van der Waals surface area contributed by atoms with Gasteiger partial charge in [-0.15, -0.1) is 0 Å². The second-order valence-electron chi connectivity index (χ2n) is 5.99. The first kappa shape index (κ1) is 19.9. The fraction of sp³-hybridized carbons (Fsp3) is 0.278. The molecule has 2 aromatic rings. The van der Waals surface area contributed by atoms with E-state index in [0.717, 1.165) is 0 Å². The van der Waals surface area contributed by atoms with E-state index in [2.05, 4.69) is 10.0 Å². The van der Waals surface area contributed by atoms with Crippen molar-refractivity contribution in [2.45, 2.75) is 31.2 Å². The molecule has 0 bridgehead atoms. The molecule has 0 aliphatic heterocycles. The van der Waals surface area contributed by atoms with Crippen molar-refractivity contribution in [1.82, 2.24) is 4.72 Å². The van der Waals surface area contributed by atoms with Gasteiger partial charge in [-0.2, -0.15) is 0 Å². The van der Waals surface area contributed by atoms with Gasteiger partial charge in [-0.05, 0) is 55.8 Å². The van der Waals surface area contributed by atoms with E-state index in [1.807, 2.05) is 0 Å². The van der Waals surface area contributed by atoms with Crippen LogP contribution in [0.15, 0.2) is 47.4 Å². The minimum Gasteiger partial charge on any atom is -0.494 e. The molecule has 2 aromatic carbocycles. The summed E-state index contributed by atoms with van der Waals surface area (Å²) in [4.78, 5) is 12.2. The van der Waals surface area contributed by atoms with Crippen LogP contribution in [0.4, 0.5) is 10.1 Å². The number of hydrogen-bond donors (Lipinski definition) is 2. The molecular weight excluding hydrogens is 359 g/mol. The quantitative estimate of drug-likeness (QED) is 0.774. The van der Waals surface area contributed by atoms with Gasteiger partial charge in [0.2, 0.25) is 15.9 Å². The maximum absolute atomic E-state index is 13.7. The van der Waals surface area contributed by atoms with Crippen molar-refractivity contribution in [1.29, 1.82) is 0 Å². The SMILES string of the molecule is COc1ccc(CC(=O)Nc2ccc(S(=O)(=O)NC(C)C)cc2)cc1F. The van der Waals surface area contributed by atoms with Crippen LogP contribution in [0.1, 0.15) is 19.4 Å². The number of methoxy groups -OCH3 is 1. The average Bonchev–Trinajstić information content (AvgIpc) is 2.54. The van der Waals surface area contributed by atoms with E-state index in [0.29, 0.717) is 11.3 Å². The number of hydrogen-bond acceptors (Lipinski definition) is 4. The molecule has 6 nitrogen and oxygen atoms in total. The summed E-state index contributed by atoms with van der Waals surface area (Å²) in [5.74, 6) is -0.767. The Bertz CT molecular complexity index is 881. The van der Waals surface area contributed by atoms with Crippen molar-refractivity contribution >= 4 is 21.6 Å². The lowest BCUT2D eigenvalue weighted by Crippen LogP contribution is -2.30. The number of nitrogens with one attached hydrogen (secondary N) is 2. The summed E-state index contributed by atoms with van der Waals surface area (Å²) >= 11 is 0. The number of ether oxygens (including phenoxy) is 1. The summed E-state index contributed by atoms with van der Waals surface area (Å²) in [7, 11) is -2.21. The highest BCUT2D eigenvalue weighted by atomic mass is 32.2. The Morgan fingerprint density at radius 1 is 1.15 bits per heavy atom. The van der Waals surface area contributed by atoms with Gasteiger partial charge in [0, 0.05) is 11.7 Å². The van der Waals surface area contributed by atoms with Gasteiger partial charge in [0.1, 0.15) is 0 Å². The summed E-state index contributed by atoms with van der Waals surface area (Å²) in [6.07, 6.45) is -0.0180. The topological polar surface area (TPSA) is 84.5 Å². The lowest BCUT2D eigenvalue weighted by atomic mass is 10.1. The van der Waals surface area contributed by atoms with Crippen molar-refractivity contribution in [3.63, 3.8) is 0 Å². The summed E-state index contributed by atoms with van der Waals surface area (Å²) < 4.78 is 45.1. The highest BCUT2D eigenvalue weighted by molar-refractivity contribution is 7.89. The number of benzene rings is 2. The Balaban J connectivity index is 2.02. The van der Waals surface area contributed by atoms with Crippen LogP contribution >= 0.6 is 0 Å². The van der Waals surface area contributed by atoms with Crippen LogP contribution in [0, 0.1) is 5.82 Å². The van der Waals surface area contributed by atoms with Crippen LogP contribution in [-0.2, 0) is 21.2 Å². The maximum atomic E-state index is 13.7. The lowest BCUT2D eigenvalue weighted by molar-refractivity contribution is -0.115. The smallest absolute Gasteiger partial charge is 0.240 e. The molecule has 0 aliphatic carbocycles. The van der Waals surface area contributed by atoms with Gasteiger partial charge in [-0.3, -0.25) is 4.79 Å². The average molecular weight is 380 g/mol. The third-order valence-corrected chi connectivity index (χ3v) is 5.09. The van der Waals surface area contributed by atoms with Crippen LogP contribution in [-0.4, -0.2) is 27.5 Å². The van der Waals surface area contributed by atoms with Crippen LogP contribution in [0.3, 0.4) is 0 Å². The van der Waals surface area contributed by atoms with Gasteiger partial charge >= 0.3 is 0 Å². The number of sulfonamides is 1. The lowest BCUT2D eigenvalue weighted by Gasteiger charge is -2.10. The number of carbonyl (C=O) groups is 1.